The first-order valence-corrected chi connectivity index (χ1v) is 7.68. The predicted molar refractivity (Wildman–Crippen MR) is 65.9 cm³/mol. The summed E-state index contributed by atoms with van der Waals surface area (Å²) in [5.74, 6) is -0.843. The van der Waals surface area contributed by atoms with E-state index < -0.39 is 20.8 Å². The van der Waals surface area contributed by atoms with E-state index in [2.05, 4.69) is 0 Å². The summed E-state index contributed by atoms with van der Waals surface area (Å²) in [4.78, 5) is 11.6. The summed E-state index contributed by atoms with van der Waals surface area (Å²) in [5.41, 5.74) is 0.490. The second-order valence-corrected chi connectivity index (χ2v) is 6.32. The summed E-state index contributed by atoms with van der Waals surface area (Å²) in [6.45, 7) is 0.0718. The Labute approximate surface area is 109 Å². The smallest absolute Gasteiger partial charge is 0.338 e. The highest BCUT2D eigenvalue weighted by molar-refractivity contribution is 8.13. The van der Waals surface area contributed by atoms with Crippen LogP contribution in [0.1, 0.15) is 15.9 Å². The van der Waals surface area contributed by atoms with E-state index in [4.69, 9.17) is 27.0 Å². The summed E-state index contributed by atoms with van der Waals surface area (Å²) in [5, 5.41) is 0. The minimum atomic E-state index is -3.72. The van der Waals surface area contributed by atoms with Gasteiger partial charge in [-0.1, -0.05) is 18.2 Å². The van der Waals surface area contributed by atoms with Crippen molar-refractivity contribution in [2.24, 2.45) is 0 Å². The van der Waals surface area contributed by atoms with Crippen molar-refractivity contribution in [2.45, 2.75) is 5.75 Å². The molecule has 0 aliphatic rings. The molecule has 0 aliphatic heterocycles. The van der Waals surface area contributed by atoms with Gasteiger partial charge < -0.3 is 4.74 Å². The third-order valence-electron chi connectivity index (χ3n) is 1.88. The first-order chi connectivity index (χ1) is 7.94. The second-order valence-electron chi connectivity index (χ2n) is 3.17. The molecular formula is C10H10Cl2O4S. The van der Waals surface area contributed by atoms with Gasteiger partial charge in [-0.15, -0.1) is 11.6 Å². The van der Waals surface area contributed by atoms with Crippen LogP contribution in [0.4, 0.5) is 0 Å². The molecule has 17 heavy (non-hydrogen) atoms. The molecule has 0 aromatic heterocycles. The molecule has 0 unspecified atom stereocenters. The third-order valence-corrected chi connectivity index (χ3v) is 3.01. The molecule has 0 aliphatic carbocycles. The van der Waals surface area contributed by atoms with E-state index >= 15 is 0 Å². The van der Waals surface area contributed by atoms with Gasteiger partial charge in [0, 0.05) is 10.7 Å². The highest BCUT2D eigenvalue weighted by Crippen LogP contribution is 2.15. The minimum Gasteiger partial charge on any atom is -0.461 e. The maximum absolute atomic E-state index is 11.6. The Hall–Kier alpha value is -0.780. The lowest BCUT2D eigenvalue weighted by atomic mass is 10.1. The number of carbonyl (C=O) groups is 1. The summed E-state index contributed by atoms with van der Waals surface area (Å²) >= 11 is 5.39. The van der Waals surface area contributed by atoms with Crippen molar-refractivity contribution >= 4 is 37.3 Å². The van der Waals surface area contributed by atoms with Crippen LogP contribution in [0.25, 0.3) is 0 Å². The van der Waals surface area contributed by atoms with Gasteiger partial charge >= 0.3 is 5.97 Å². The summed E-state index contributed by atoms with van der Waals surface area (Å²) in [6.07, 6.45) is 0. The van der Waals surface area contributed by atoms with E-state index in [0.717, 1.165) is 0 Å². The van der Waals surface area contributed by atoms with Gasteiger partial charge in [0.15, 0.2) is 0 Å². The van der Waals surface area contributed by atoms with Crippen molar-refractivity contribution in [3.63, 3.8) is 0 Å². The minimum absolute atomic E-state index is 0.0718. The van der Waals surface area contributed by atoms with Crippen LogP contribution in [0, 0.1) is 0 Å². The van der Waals surface area contributed by atoms with Gasteiger partial charge in [0.1, 0.15) is 6.61 Å². The van der Waals surface area contributed by atoms with E-state index in [-0.39, 0.29) is 18.1 Å². The quantitative estimate of drug-likeness (QED) is 0.474. The van der Waals surface area contributed by atoms with Gasteiger partial charge in [-0.3, -0.25) is 0 Å². The molecule has 0 saturated heterocycles. The molecule has 0 spiro atoms. The van der Waals surface area contributed by atoms with E-state index in [0.29, 0.717) is 5.56 Å². The Bertz CT molecular complexity index is 499. The van der Waals surface area contributed by atoms with Crippen molar-refractivity contribution in [2.75, 3.05) is 12.5 Å². The zero-order valence-electron chi connectivity index (χ0n) is 8.73. The van der Waals surface area contributed by atoms with Crippen LogP contribution in [0.3, 0.4) is 0 Å². The fraction of sp³-hybridized carbons (Fsp3) is 0.300. The molecule has 1 rings (SSSR count). The fourth-order valence-electron chi connectivity index (χ4n) is 1.24. The number of carbonyl (C=O) groups excluding carboxylic acids is 1. The van der Waals surface area contributed by atoms with Crippen LogP contribution >= 0.6 is 22.3 Å². The molecule has 94 valence electrons. The summed E-state index contributed by atoms with van der Waals surface area (Å²) in [6, 6.07) is 6.22. The Morgan fingerprint density at radius 1 is 1.29 bits per heavy atom. The van der Waals surface area contributed by atoms with E-state index in [9.17, 15) is 13.2 Å². The lowest BCUT2D eigenvalue weighted by molar-refractivity contribution is 0.0528. The van der Waals surface area contributed by atoms with Gasteiger partial charge in [-0.2, -0.15) is 0 Å². The Balaban J connectivity index is 2.95. The number of alkyl halides is 1. The van der Waals surface area contributed by atoms with E-state index in [1.807, 2.05) is 0 Å². The molecular weight excluding hydrogens is 287 g/mol. The van der Waals surface area contributed by atoms with E-state index in [1.165, 1.54) is 12.1 Å². The normalized spacial score (nSPS) is 11.2. The van der Waals surface area contributed by atoms with Crippen LogP contribution < -0.4 is 0 Å². The second kappa shape index (κ2) is 6.23. The average Bonchev–Trinajstić information content (AvgIpc) is 2.24. The van der Waals surface area contributed by atoms with Crippen molar-refractivity contribution in [3.8, 4) is 0 Å². The SMILES string of the molecule is O=C(OCCCl)c1ccccc1CS(=O)(=O)Cl. The third kappa shape index (κ3) is 4.93. The predicted octanol–water partition coefficient (Wildman–Crippen LogP) is 2.15. The number of hydrogen-bond acceptors (Lipinski definition) is 4. The van der Waals surface area contributed by atoms with Gasteiger partial charge in [-0.25, -0.2) is 13.2 Å². The maximum atomic E-state index is 11.6. The molecule has 0 saturated carbocycles. The molecule has 0 amide bonds. The number of ether oxygens (including phenoxy) is 1. The van der Waals surface area contributed by atoms with E-state index in [1.54, 1.807) is 12.1 Å². The number of hydrogen-bond donors (Lipinski definition) is 0. The lowest BCUT2D eigenvalue weighted by Gasteiger charge is -2.07. The molecule has 0 fully saturated rings. The van der Waals surface area contributed by atoms with Crippen LogP contribution in [0.5, 0.6) is 0 Å². The first-order valence-electron chi connectivity index (χ1n) is 4.67. The number of rotatable bonds is 5. The van der Waals surface area contributed by atoms with Crippen LogP contribution in [-0.2, 0) is 19.5 Å². The Kier molecular flexibility index (Phi) is 5.24. The van der Waals surface area contributed by atoms with Crippen molar-refractivity contribution in [1.29, 1.82) is 0 Å². The molecule has 0 bridgehead atoms. The zero-order valence-corrected chi connectivity index (χ0v) is 11.1. The molecule has 7 heteroatoms. The zero-order chi connectivity index (χ0) is 12.9. The maximum Gasteiger partial charge on any atom is 0.338 e. The van der Waals surface area contributed by atoms with Gasteiger partial charge in [0.25, 0.3) is 0 Å². The van der Waals surface area contributed by atoms with Crippen LogP contribution in [0.2, 0.25) is 0 Å². The summed E-state index contributed by atoms with van der Waals surface area (Å²) in [7, 11) is 1.43. The van der Waals surface area contributed by atoms with Crippen molar-refractivity contribution in [3.05, 3.63) is 35.4 Å². The summed E-state index contributed by atoms with van der Waals surface area (Å²) < 4.78 is 26.8. The highest BCUT2D eigenvalue weighted by atomic mass is 35.7. The number of halogens is 2. The molecule has 0 heterocycles. The van der Waals surface area contributed by atoms with Crippen LogP contribution in [0.15, 0.2) is 24.3 Å². The molecule has 1 aromatic rings. The lowest BCUT2D eigenvalue weighted by Crippen LogP contribution is -2.11. The average molecular weight is 297 g/mol. The molecule has 0 N–H and O–H groups in total. The molecule has 4 nitrogen and oxygen atoms in total. The first kappa shape index (κ1) is 14.3. The Morgan fingerprint density at radius 3 is 2.53 bits per heavy atom. The molecule has 1 aromatic carbocycles. The Morgan fingerprint density at radius 2 is 1.94 bits per heavy atom. The molecule has 0 radical (unpaired) electrons. The monoisotopic (exact) mass is 296 g/mol. The van der Waals surface area contributed by atoms with Gasteiger partial charge in [0.2, 0.25) is 9.05 Å². The number of benzene rings is 1. The molecule has 0 atom stereocenters. The van der Waals surface area contributed by atoms with Crippen LogP contribution in [-0.4, -0.2) is 26.9 Å². The topological polar surface area (TPSA) is 60.4 Å². The largest absolute Gasteiger partial charge is 0.461 e. The fourth-order valence-corrected chi connectivity index (χ4v) is 2.29. The van der Waals surface area contributed by atoms with Gasteiger partial charge in [-0.05, 0) is 11.6 Å². The standard InChI is InChI=1S/C10H10Cl2O4S/c11-5-6-16-10(13)9-4-2-1-3-8(9)7-17(12,14)15/h1-4H,5-7H2. The highest BCUT2D eigenvalue weighted by Gasteiger charge is 2.16. The van der Waals surface area contributed by atoms with Gasteiger partial charge in [0.05, 0.1) is 17.2 Å². The van der Waals surface area contributed by atoms with Crippen molar-refractivity contribution < 1.29 is 17.9 Å². The van der Waals surface area contributed by atoms with Crippen molar-refractivity contribution in [1.82, 2.24) is 0 Å². The number of esters is 1.